The van der Waals surface area contributed by atoms with Crippen LogP contribution in [0, 0.1) is 5.82 Å². The molecule has 6 heteroatoms. The molecule has 0 aliphatic heterocycles. The number of para-hydroxylation sites is 2. The first-order valence-corrected chi connectivity index (χ1v) is 7.46. The Bertz CT molecular complexity index is 884. The summed E-state index contributed by atoms with van der Waals surface area (Å²) in [6.07, 6.45) is 0. The Labute approximate surface area is 130 Å². The van der Waals surface area contributed by atoms with E-state index in [0.29, 0.717) is 16.1 Å². The van der Waals surface area contributed by atoms with Crippen molar-refractivity contribution in [1.82, 2.24) is 4.57 Å². The molecule has 3 aromatic rings. The van der Waals surface area contributed by atoms with Gasteiger partial charge in [0.25, 0.3) is 5.91 Å². The number of nitrogens with zero attached hydrogens (tertiary/aromatic N) is 2. The normalized spacial score (nSPS) is 11.8. The molecule has 0 saturated carbocycles. The molecule has 0 N–H and O–H groups in total. The van der Waals surface area contributed by atoms with Gasteiger partial charge in [0.1, 0.15) is 11.6 Å². The Balaban J connectivity index is 1.84. The molecule has 4 nitrogen and oxygen atoms in total. The zero-order valence-electron chi connectivity index (χ0n) is 11.8. The number of hydrogen-bond acceptors (Lipinski definition) is 3. The van der Waals surface area contributed by atoms with E-state index in [9.17, 15) is 9.18 Å². The molecule has 0 aliphatic carbocycles. The second kappa shape index (κ2) is 6.11. The number of amides is 1. The zero-order valence-corrected chi connectivity index (χ0v) is 12.6. The number of carbonyl (C=O) groups excluding carboxylic acids is 1. The van der Waals surface area contributed by atoms with Crippen molar-refractivity contribution in [2.24, 2.45) is 12.0 Å². The van der Waals surface area contributed by atoms with Gasteiger partial charge >= 0.3 is 0 Å². The van der Waals surface area contributed by atoms with E-state index in [1.807, 2.05) is 18.2 Å². The van der Waals surface area contributed by atoms with Crippen molar-refractivity contribution < 1.29 is 13.9 Å². The smallest absolute Gasteiger partial charge is 0.286 e. The van der Waals surface area contributed by atoms with E-state index in [4.69, 9.17) is 4.74 Å². The van der Waals surface area contributed by atoms with Gasteiger partial charge in [0.2, 0.25) is 0 Å². The van der Waals surface area contributed by atoms with Crippen LogP contribution in [0.1, 0.15) is 0 Å². The first kappa shape index (κ1) is 14.5. The maximum Gasteiger partial charge on any atom is 0.286 e. The fourth-order valence-electron chi connectivity index (χ4n) is 2.06. The van der Waals surface area contributed by atoms with Crippen LogP contribution in [0.5, 0.6) is 5.75 Å². The van der Waals surface area contributed by atoms with Crippen LogP contribution in [0.3, 0.4) is 0 Å². The van der Waals surface area contributed by atoms with Crippen molar-refractivity contribution in [2.45, 2.75) is 0 Å². The van der Waals surface area contributed by atoms with E-state index in [2.05, 4.69) is 4.99 Å². The maximum absolute atomic E-state index is 13.8. The predicted molar refractivity (Wildman–Crippen MR) is 83.3 cm³/mol. The molecule has 3 rings (SSSR count). The molecule has 0 saturated heterocycles. The van der Waals surface area contributed by atoms with E-state index in [1.165, 1.54) is 17.4 Å². The maximum atomic E-state index is 13.8. The Morgan fingerprint density at radius 3 is 2.73 bits per heavy atom. The second-order valence-electron chi connectivity index (χ2n) is 4.64. The number of rotatable bonds is 3. The number of benzene rings is 2. The number of fused-ring (bicyclic) bond motifs is 1. The van der Waals surface area contributed by atoms with Gasteiger partial charge in [0.15, 0.2) is 11.4 Å². The lowest BCUT2D eigenvalue weighted by Gasteiger charge is -2.01. The van der Waals surface area contributed by atoms with Gasteiger partial charge in [-0.05, 0) is 24.3 Å². The van der Waals surface area contributed by atoms with Gasteiger partial charge in [-0.15, -0.1) is 0 Å². The van der Waals surface area contributed by atoms with Gasteiger partial charge in [0, 0.05) is 7.05 Å². The Morgan fingerprint density at radius 2 is 2.00 bits per heavy atom. The molecule has 112 valence electrons. The average Bonchev–Trinajstić information content (AvgIpc) is 2.84. The predicted octanol–water partition coefficient (Wildman–Crippen LogP) is 2.89. The summed E-state index contributed by atoms with van der Waals surface area (Å²) >= 11 is 1.27. The van der Waals surface area contributed by atoms with E-state index < -0.39 is 5.91 Å². The summed E-state index contributed by atoms with van der Waals surface area (Å²) in [5.74, 6) is -0.130. The molecule has 1 heterocycles. The number of ether oxygens (including phenoxy) is 1. The van der Waals surface area contributed by atoms with Crippen LogP contribution in [0.2, 0.25) is 0 Å². The van der Waals surface area contributed by atoms with Gasteiger partial charge in [-0.2, -0.15) is 4.99 Å². The Hall–Kier alpha value is -2.47. The van der Waals surface area contributed by atoms with Crippen LogP contribution in [-0.2, 0) is 11.8 Å². The molecule has 0 spiro atoms. The fraction of sp³-hybridized carbons (Fsp3) is 0.125. The minimum atomic E-state index is -0.411. The molecular formula is C16H13FN2O2S. The molecule has 1 amide bonds. The zero-order chi connectivity index (χ0) is 15.5. The SMILES string of the molecule is Cn1c(=NC(=O)COc2ccccc2)sc2cccc(F)c21. The van der Waals surface area contributed by atoms with Gasteiger partial charge in [0.05, 0.1) is 10.2 Å². The lowest BCUT2D eigenvalue weighted by atomic mass is 10.3. The van der Waals surface area contributed by atoms with Crippen LogP contribution in [0.15, 0.2) is 53.5 Å². The van der Waals surface area contributed by atoms with Crippen molar-refractivity contribution >= 4 is 27.5 Å². The highest BCUT2D eigenvalue weighted by Crippen LogP contribution is 2.19. The first-order chi connectivity index (χ1) is 10.6. The van der Waals surface area contributed by atoms with Crippen LogP contribution in [0.25, 0.3) is 10.2 Å². The standard InChI is InChI=1S/C16H13FN2O2S/c1-19-15-12(17)8-5-9-13(15)22-16(19)18-14(20)10-21-11-6-3-2-4-7-11/h2-9H,10H2,1H3. The third kappa shape index (κ3) is 2.92. The van der Waals surface area contributed by atoms with Crippen molar-refractivity contribution in [3.05, 3.63) is 59.1 Å². The summed E-state index contributed by atoms with van der Waals surface area (Å²) in [6.45, 7) is -0.152. The second-order valence-corrected chi connectivity index (χ2v) is 5.65. The number of hydrogen-bond donors (Lipinski definition) is 0. The highest BCUT2D eigenvalue weighted by Gasteiger charge is 2.09. The summed E-state index contributed by atoms with van der Waals surface area (Å²) in [6, 6.07) is 13.9. The average molecular weight is 316 g/mol. The molecule has 0 bridgehead atoms. The molecule has 0 atom stereocenters. The van der Waals surface area contributed by atoms with E-state index in [0.717, 1.165) is 4.70 Å². The van der Waals surface area contributed by atoms with Crippen molar-refractivity contribution in [3.8, 4) is 5.75 Å². The number of carbonyl (C=O) groups is 1. The largest absolute Gasteiger partial charge is 0.484 e. The van der Waals surface area contributed by atoms with Crippen molar-refractivity contribution in [2.75, 3.05) is 6.61 Å². The summed E-state index contributed by atoms with van der Waals surface area (Å²) in [5.41, 5.74) is 0.447. The van der Waals surface area contributed by atoms with Gasteiger partial charge in [-0.3, -0.25) is 4.79 Å². The third-order valence-corrected chi connectivity index (χ3v) is 4.20. The summed E-state index contributed by atoms with van der Waals surface area (Å²) in [5, 5.41) is 0. The number of thiazole rings is 1. The molecule has 0 radical (unpaired) electrons. The van der Waals surface area contributed by atoms with E-state index >= 15 is 0 Å². The van der Waals surface area contributed by atoms with Gasteiger partial charge < -0.3 is 9.30 Å². The number of aromatic nitrogens is 1. The number of aryl methyl sites for hydroxylation is 1. The molecule has 0 unspecified atom stereocenters. The Morgan fingerprint density at radius 1 is 1.23 bits per heavy atom. The third-order valence-electron chi connectivity index (χ3n) is 3.10. The lowest BCUT2D eigenvalue weighted by Crippen LogP contribution is -2.17. The molecular weight excluding hydrogens is 303 g/mol. The molecule has 2 aromatic carbocycles. The minimum Gasteiger partial charge on any atom is -0.484 e. The minimum absolute atomic E-state index is 0.152. The van der Waals surface area contributed by atoms with Crippen molar-refractivity contribution in [3.63, 3.8) is 0 Å². The van der Waals surface area contributed by atoms with Gasteiger partial charge in [-0.1, -0.05) is 35.6 Å². The molecule has 22 heavy (non-hydrogen) atoms. The van der Waals surface area contributed by atoms with Gasteiger partial charge in [-0.25, -0.2) is 4.39 Å². The monoisotopic (exact) mass is 316 g/mol. The summed E-state index contributed by atoms with van der Waals surface area (Å²) < 4.78 is 21.5. The summed E-state index contributed by atoms with van der Waals surface area (Å²) in [7, 11) is 1.69. The topological polar surface area (TPSA) is 43.6 Å². The highest BCUT2D eigenvalue weighted by atomic mass is 32.1. The highest BCUT2D eigenvalue weighted by molar-refractivity contribution is 7.16. The van der Waals surface area contributed by atoms with E-state index in [1.54, 1.807) is 35.9 Å². The quantitative estimate of drug-likeness (QED) is 0.746. The summed E-state index contributed by atoms with van der Waals surface area (Å²) in [4.78, 5) is 16.4. The first-order valence-electron chi connectivity index (χ1n) is 6.64. The Kier molecular flexibility index (Phi) is 4.02. The molecule has 0 fully saturated rings. The lowest BCUT2D eigenvalue weighted by molar-refractivity contribution is -0.120. The molecule has 1 aromatic heterocycles. The molecule has 0 aliphatic rings. The number of halogens is 1. The fourth-order valence-corrected chi connectivity index (χ4v) is 3.11. The van der Waals surface area contributed by atoms with Crippen LogP contribution in [0.4, 0.5) is 4.39 Å². The van der Waals surface area contributed by atoms with Crippen LogP contribution >= 0.6 is 11.3 Å². The van der Waals surface area contributed by atoms with Crippen LogP contribution < -0.4 is 9.54 Å². The van der Waals surface area contributed by atoms with E-state index in [-0.39, 0.29) is 12.4 Å². The van der Waals surface area contributed by atoms with Crippen LogP contribution in [-0.4, -0.2) is 17.1 Å². The van der Waals surface area contributed by atoms with Crippen molar-refractivity contribution in [1.29, 1.82) is 0 Å².